The molecule has 6 nitrogen and oxygen atoms in total. The van der Waals surface area contributed by atoms with Crippen molar-refractivity contribution in [3.05, 3.63) is 63.9 Å². The average molecular weight is 489 g/mol. The Hall–Kier alpha value is -2.32. The molecule has 1 amide bonds. The van der Waals surface area contributed by atoms with E-state index in [0.29, 0.717) is 23.5 Å². The van der Waals surface area contributed by atoms with Crippen LogP contribution < -0.4 is 10.1 Å². The van der Waals surface area contributed by atoms with Gasteiger partial charge >= 0.3 is 0 Å². The number of carbonyl (C=O) groups is 1. The molecule has 158 valence electrons. The summed E-state index contributed by atoms with van der Waals surface area (Å²) in [4.78, 5) is 12.3. The van der Waals surface area contributed by atoms with Crippen LogP contribution in [0.15, 0.2) is 52.1 Å². The minimum atomic E-state index is -0.0900. The first-order valence-electron chi connectivity index (χ1n) is 9.63. The fraction of sp³-hybridized carbons (Fsp3) is 0.318. The molecule has 0 aliphatic rings. The van der Waals surface area contributed by atoms with Gasteiger partial charge in [-0.1, -0.05) is 53.7 Å². The third-order valence-electron chi connectivity index (χ3n) is 4.61. The van der Waals surface area contributed by atoms with Crippen LogP contribution in [0.3, 0.4) is 0 Å². The van der Waals surface area contributed by atoms with Crippen molar-refractivity contribution in [1.82, 2.24) is 14.8 Å². The van der Waals surface area contributed by atoms with Gasteiger partial charge in [0, 0.05) is 17.2 Å². The van der Waals surface area contributed by atoms with Gasteiger partial charge in [-0.2, -0.15) is 0 Å². The minimum Gasteiger partial charge on any atom is -0.486 e. The molecule has 0 atom stereocenters. The van der Waals surface area contributed by atoms with Crippen molar-refractivity contribution >= 4 is 39.3 Å². The summed E-state index contributed by atoms with van der Waals surface area (Å²) >= 11 is 4.80. The number of halogens is 1. The number of anilines is 1. The van der Waals surface area contributed by atoms with Gasteiger partial charge in [-0.3, -0.25) is 4.79 Å². The second-order valence-electron chi connectivity index (χ2n) is 7.27. The fourth-order valence-electron chi connectivity index (χ4n) is 2.74. The molecule has 3 rings (SSSR count). The zero-order valence-corrected chi connectivity index (χ0v) is 19.9. The maximum atomic E-state index is 12.3. The number of ether oxygens (including phenoxy) is 1. The summed E-state index contributed by atoms with van der Waals surface area (Å²) in [5.41, 5.74) is 3.12. The number of amides is 1. The molecule has 1 heterocycles. The third-order valence-corrected chi connectivity index (χ3v) is 6.52. The van der Waals surface area contributed by atoms with Crippen LogP contribution in [0.2, 0.25) is 0 Å². The smallest absolute Gasteiger partial charge is 0.234 e. The quantitative estimate of drug-likeness (QED) is 0.434. The van der Waals surface area contributed by atoms with E-state index in [9.17, 15) is 4.79 Å². The lowest BCUT2D eigenvalue weighted by Gasteiger charge is -2.09. The number of nitrogens with one attached hydrogen (secondary N) is 1. The number of nitrogens with zero attached hydrogens (tertiary/aromatic N) is 3. The van der Waals surface area contributed by atoms with Gasteiger partial charge in [0.2, 0.25) is 5.91 Å². The van der Waals surface area contributed by atoms with E-state index in [-0.39, 0.29) is 11.7 Å². The number of aryl methyl sites for hydroxylation is 1. The van der Waals surface area contributed by atoms with E-state index < -0.39 is 0 Å². The predicted octanol–water partition coefficient (Wildman–Crippen LogP) is 5.32. The monoisotopic (exact) mass is 488 g/mol. The molecule has 8 heteroatoms. The van der Waals surface area contributed by atoms with Crippen LogP contribution >= 0.6 is 27.7 Å². The highest BCUT2D eigenvalue weighted by Gasteiger charge is 2.12. The van der Waals surface area contributed by atoms with E-state index in [2.05, 4.69) is 57.4 Å². The largest absolute Gasteiger partial charge is 0.486 e. The second-order valence-corrected chi connectivity index (χ2v) is 9.07. The Labute approximate surface area is 189 Å². The Morgan fingerprint density at radius 1 is 1.20 bits per heavy atom. The Kier molecular flexibility index (Phi) is 7.55. The van der Waals surface area contributed by atoms with Gasteiger partial charge in [-0.15, -0.1) is 10.2 Å². The highest BCUT2D eigenvalue weighted by molar-refractivity contribution is 9.10. The molecule has 0 unspecified atom stereocenters. The zero-order valence-electron chi connectivity index (χ0n) is 17.5. The molecule has 0 bridgehead atoms. The van der Waals surface area contributed by atoms with Gasteiger partial charge in [0.25, 0.3) is 0 Å². The predicted molar refractivity (Wildman–Crippen MR) is 124 cm³/mol. The zero-order chi connectivity index (χ0) is 21.7. The molecule has 0 radical (unpaired) electrons. The van der Waals surface area contributed by atoms with E-state index in [1.165, 1.54) is 17.3 Å². The SMILES string of the molecule is Cc1cc(NC(=O)CSc2nnc(COc3ccc(C(C)C)cc3)n2C)ccc1Br. The summed E-state index contributed by atoms with van der Waals surface area (Å²) < 4.78 is 8.70. The highest BCUT2D eigenvalue weighted by atomic mass is 79.9. The second kappa shape index (κ2) is 10.1. The molecule has 1 N–H and O–H groups in total. The number of benzene rings is 2. The van der Waals surface area contributed by atoms with Crippen molar-refractivity contribution in [1.29, 1.82) is 0 Å². The van der Waals surface area contributed by atoms with Crippen molar-refractivity contribution in [2.75, 3.05) is 11.1 Å². The van der Waals surface area contributed by atoms with Gasteiger partial charge in [0.15, 0.2) is 11.0 Å². The lowest BCUT2D eigenvalue weighted by atomic mass is 10.0. The minimum absolute atomic E-state index is 0.0900. The Bertz CT molecular complexity index is 1020. The van der Waals surface area contributed by atoms with Crippen molar-refractivity contribution < 1.29 is 9.53 Å². The highest BCUT2D eigenvalue weighted by Crippen LogP contribution is 2.22. The van der Waals surface area contributed by atoms with Gasteiger partial charge in [0.05, 0.1) is 5.75 Å². The molecule has 0 saturated carbocycles. The lowest BCUT2D eigenvalue weighted by Crippen LogP contribution is -2.14. The number of rotatable bonds is 8. The summed E-state index contributed by atoms with van der Waals surface area (Å²) in [7, 11) is 1.87. The fourth-order valence-corrected chi connectivity index (χ4v) is 3.72. The maximum absolute atomic E-state index is 12.3. The van der Waals surface area contributed by atoms with Crippen LogP contribution in [-0.4, -0.2) is 26.4 Å². The van der Waals surface area contributed by atoms with E-state index >= 15 is 0 Å². The molecular weight excluding hydrogens is 464 g/mol. The molecule has 2 aromatic carbocycles. The molecule has 0 aliphatic carbocycles. The normalized spacial score (nSPS) is 11.0. The number of thioether (sulfide) groups is 1. The van der Waals surface area contributed by atoms with Gasteiger partial charge < -0.3 is 14.6 Å². The van der Waals surface area contributed by atoms with Crippen LogP contribution in [0.25, 0.3) is 0 Å². The van der Waals surface area contributed by atoms with Crippen molar-refractivity contribution in [2.45, 2.75) is 38.5 Å². The van der Waals surface area contributed by atoms with Crippen molar-refractivity contribution in [3.8, 4) is 5.75 Å². The standard InChI is InChI=1S/C22H25BrN4O2S/c1-14(2)16-5-8-18(9-6-16)29-12-20-25-26-22(27(20)4)30-13-21(28)24-17-7-10-19(23)15(3)11-17/h5-11,14H,12-13H2,1-4H3,(H,24,28). The van der Waals surface area contributed by atoms with E-state index in [1.54, 1.807) is 0 Å². The molecule has 0 saturated heterocycles. The van der Waals surface area contributed by atoms with Crippen LogP contribution in [0, 0.1) is 6.92 Å². The number of aromatic nitrogens is 3. The van der Waals surface area contributed by atoms with E-state index in [1.807, 2.05) is 48.9 Å². The molecule has 0 aliphatic heterocycles. The number of carbonyl (C=O) groups excluding carboxylic acids is 1. The molecule has 0 fully saturated rings. The Balaban J connectivity index is 1.52. The first-order valence-corrected chi connectivity index (χ1v) is 11.4. The summed E-state index contributed by atoms with van der Waals surface area (Å²) in [6.45, 7) is 6.62. The topological polar surface area (TPSA) is 69.0 Å². The van der Waals surface area contributed by atoms with Crippen molar-refractivity contribution in [2.24, 2.45) is 7.05 Å². The first kappa shape index (κ1) is 22.4. The third kappa shape index (κ3) is 5.86. The summed E-state index contributed by atoms with van der Waals surface area (Å²) in [5.74, 6) is 2.14. The first-order chi connectivity index (χ1) is 14.3. The molecule has 3 aromatic rings. The Morgan fingerprint density at radius 3 is 2.60 bits per heavy atom. The summed E-state index contributed by atoms with van der Waals surface area (Å²) in [6.07, 6.45) is 0. The number of hydrogen-bond donors (Lipinski definition) is 1. The van der Waals surface area contributed by atoms with Gasteiger partial charge in [-0.25, -0.2) is 0 Å². The van der Waals surface area contributed by atoms with Crippen LogP contribution in [0.4, 0.5) is 5.69 Å². The molecule has 30 heavy (non-hydrogen) atoms. The van der Waals surface area contributed by atoms with Gasteiger partial charge in [0.1, 0.15) is 12.4 Å². The molecule has 0 spiro atoms. The van der Waals surface area contributed by atoms with E-state index in [0.717, 1.165) is 21.5 Å². The maximum Gasteiger partial charge on any atom is 0.234 e. The van der Waals surface area contributed by atoms with Crippen LogP contribution in [-0.2, 0) is 18.4 Å². The summed E-state index contributed by atoms with van der Waals surface area (Å²) in [6, 6.07) is 13.8. The van der Waals surface area contributed by atoms with Gasteiger partial charge in [-0.05, 0) is 54.3 Å². The molecule has 1 aromatic heterocycles. The average Bonchev–Trinajstić information content (AvgIpc) is 3.07. The number of hydrogen-bond acceptors (Lipinski definition) is 5. The van der Waals surface area contributed by atoms with Crippen LogP contribution in [0.1, 0.15) is 36.7 Å². The summed E-state index contributed by atoms with van der Waals surface area (Å²) in [5, 5.41) is 11.9. The Morgan fingerprint density at radius 2 is 1.93 bits per heavy atom. The molecular formula is C22H25BrN4O2S. The van der Waals surface area contributed by atoms with Crippen LogP contribution in [0.5, 0.6) is 5.75 Å². The van der Waals surface area contributed by atoms with Crippen molar-refractivity contribution in [3.63, 3.8) is 0 Å². The lowest BCUT2D eigenvalue weighted by molar-refractivity contribution is -0.113. The van der Waals surface area contributed by atoms with E-state index in [4.69, 9.17) is 4.74 Å².